The van der Waals surface area contributed by atoms with Crippen LogP contribution in [0.25, 0.3) is 0 Å². The van der Waals surface area contributed by atoms with Crippen LogP contribution >= 0.6 is 0 Å². The Bertz CT molecular complexity index is 525. The quantitative estimate of drug-likeness (QED) is 0.742. The third-order valence-corrected chi connectivity index (χ3v) is 4.83. The van der Waals surface area contributed by atoms with Crippen molar-refractivity contribution in [3.63, 3.8) is 0 Å². The van der Waals surface area contributed by atoms with E-state index in [1.807, 2.05) is 24.3 Å². The van der Waals surface area contributed by atoms with Gasteiger partial charge in [-0.05, 0) is 45.8 Å². The summed E-state index contributed by atoms with van der Waals surface area (Å²) in [6.45, 7) is 9.44. The van der Waals surface area contributed by atoms with Gasteiger partial charge >= 0.3 is 5.97 Å². The molecule has 1 aliphatic rings. The molecule has 1 heterocycles. The monoisotopic (exact) mass is 348 g/mol. The zero-order valence-corrected chi connectivity index (χ0v) is 15.6. The van der Waals surface area contributed by atoms with Crippen molar-refractivity contribution < 1.29 is 14.6 Å². The third-order valence-electron chi connectivity index (χ3n) is 4.83. The number of likely N-dealkylation sites (tertiary alicyclic amines) is 1. The number of nitrogens with zero attached hydrogens (tertiary/aromatic N) is 2. The van der Waals surface area contributed by atoms with Crippen LogP contribution in [-0.2, 0) is 11.3 Å². The molecule has 0 unspecified atom stereocenters. The molecule has 0 aromatic heterocycles. The highest BCUT2D eigenvalue weighted by Gasteiger charge is 2.16. The molecule has 1 fully saturated rings. The Kier molecular flexibility index (Phi) is 8.22. The largest absolute Gasteiger partial charge is 0.482 e. The van der Waals surface area contributed by atoms with Gasteiger partial charge in [0.15, 0.2) is 6.61 Å². The summed E-state index contributed by atoms with van der Waals surface area (Å²) in [5, 5.41) is 8.85. The maximum absolute atomic E-state index is 10.8. The smallest absolute Gasteiger partial charge is 0.341 e. The Hall–Kier alpha value is -1.59. The van der Waals surface area contributed by atoms with E-state index in [1.54, 1.807) is 0 Å². The summed E-state index contributed by atoms with van der Waals surface area (Å²) < 4.78 is 5.45. The Morgan fingerprint density at radius 2 is 1.88 bits per heavy atom. The first-order valence-corrected chi connectivity index (χ1v) is 9.45. The highest BCUT2D eigenvalue weighted by Crippen LogP contribution is 2.21. The molecule has 0 radical (unpaired) electrons. The van der Waals surface area contributed by atoms with Crippen LogP contribution in [0.3, 0.4) is 0 Å². The minimum Gasteiger partial charge on any atom is -0.482 e. The fourth-order valence-corrected chi connectivity index (χ4v) is 3.28. The van der Waals surface area contributed by atoms with Gasteiger partial charge < -0.3 is 14.7 Å². The van der Waals surface area contributed by atoms with Gasteiger partial charge in [0.2, 0.25) is 0 Å². The molecule has 0 spiro atoms. The summed E-state index contributed by atoms with van der Waals surface area (Å²) in [5.41, 5.74) is 1.05. The molecule has 25 heavy (non-hydrogen) atoms. The molecule has 140 valence electrons. The van der Waals surface area contributed by atoms with Crippen LogP contribution in [0.2, 0.25) is 0 Å². The van der Waals surface area contributed by atoms with Gasteiger partial charge in [0.1, 0.15) is 5.75 Å². The second kappa shape index (κ2) is 10.4. The van der Waals surface area contributed by atoms with Crippen molar-refractivity contribution >= 4 is 5.97 Å². The van der Waals surface area contributed by atoms with E-state index in [2.05, 4.69) is 23.6 Å². The highest BCUT2D eigenvalue weighted by atomic mass is 16.5. The maximum Gasteiger partial charge on any atom is 0.341 e. The summed E-state index contributed by atoms with van der Waals surface area (Å²) in [7, 11) is 0. The van der Waals surface area contributed by atoms with Gasteiger partial charge in [-0.15, -0.1) is 0 Å². The van der Waals surface area contributed by atoms with Crippen molar-refractivity contribution in [1.82, 2.24) is 9.80 Å². The Labute approximate surface area is 151 Å². The summed E-state index contributed by atoms with van der Waals surface area (Å²) in [5.74, 6) is -0.276. The number of carboxylic acids is 1. The fourth-order valence-electron chi connectivity index (χ4n) is 3.28. The summed E-state index contributed by atoms with van der Waals surface area (Å²) in [6, 6.07) is 8.18. The van der Waals surface area contributed by atoms with E-state index in [1.165, 1.54) is 38.8 Å². The minimum atomic E-state index is -0.948. The minimum absolute atomic E-state index is 0.299. The number of rotatable bonds is 9. The predicted octanol–water partition coefficient (Wildman–Crippen LogP) is 3.24. The van der Waals surface area contributed by atoms with Gasteiger partial charge in [0.25, 0.3) is 0 Å². The van der Waals surface area contributed by atoms with Crippen molar-refractivity contribution in [2.45, 2.75) is 52.1 Å². The average molecular weight is 348 g/mol. The van der Waals surface area contributed by atoms with E-state index < -0.39 is 5.97 Å². The molecule has 0 atom stereocenters. The number of carbonyl (C=O) groups is 1. The lowest BCUT2D eigenvalue weighted by Gasteiger charge is -2.30. The number of hydrogen-bond donors (Lipinski definition) is 1. The van der Waals surface area contributed by atoms with Crippen molar-refractivity contribution in [3.8, 4) is 5.75 Å². The van der Waals surface area contributed by atoms with Crippen LogP contribution in [0, 0.1) is 0 Å². The first-order chi connectivity index (χ1) is 12.1. The number of ether oxygens (including phenoxy) is 1. The molecular formula is C20H32N2O3. The number of carboxylic acid groups (broad SMARTS) is 1. The van der Waals surface area contributed by atoms with Gasteiger partial charge in [-0.25, -0.2) is 4.79 Å². The fraction of sp³-hybridized carbons (Fsp3) is 0.650. The van der Waals surface area contributed by atoms with Gasteiger partial charge in [0, 0.05) is 31.2 Å². The third kappa shape index (κ3) is 7.04. The summed E-state index contributed by atoms with van der Waals surface area (Å²) >= 11 is 0. The average Bonchev–Trinajstić information content (AvgIpc) is 2.86. The molecule has 1 aromatic rings. The molecule has 1 N–H and O–H groups in total. The van der Waals surface area contributed by atoms with Crippen molar-refractivity contribution in [2.24, 2.45) is 0 Å². The molecule has 0 aliphatic carbocycles. The first-order valence-electron chi connectivity index (χ1n) is 9.45. The molecular weight excluding hydrogens is 316 g/mol. The molecule has 5 heteroatoms. The second-order valence-corrected chi connectivity index (χ2v) is 7.11. The number of hydrogen-bond acceptors (Lipinski definition) is 4. The van der Waals surface area contributed by atoms with Crippen molar-refractivity contribution in [2.75, 3.05) is 32.8 Å². The highest BCUT2D eigenvalue weighted by molar-refractivity contribution is 5.68. The zero-order valence-electron chi connectivity index (χ0n) is 15.6. The molecule has 0 saturated carbocycles. The Morgan fingerprint density at radius 1 is 1.20 bits per heavy atom. The van der Waals surface area contributed by atoms with E-state index in [0.717, 1.165) is 25.2 Å². The van der Waals surface area contributed by atoms with Crippen LogP contribution in [0.4, 0.5) is 0 Å². The molecule has 0 bridgehead atoms. The Balaban J connectivity index is 1.95. The standard InChI is InChI=1S/C20H32N2O3/c1-17(2)22(14-13-21-11-7-3-4-8-12-21)15-18-9-5-6-10-19(18)25-16-20(23)24/h5-6,9-10,17H,3-4,7-8,11-16H2,1-2H3,(H,23,24). The van der Waals surface area contributed by atoms with Gasteiger partial charge in [0.05, 0.1) is 0 Å². The molecule has 2 rings (SSSR count). The first kappa shape index (κ1) is 19.7. The van der Waals surface area contributed by atoms with E-state index in [9.17, 15) is 4.79 Å². The van der Waals surface area contributed by atoms with Gasteiger partial charge in [-0.3, -0.25) is 4.90 Å². The SMILES string of the molecule is CC(C)N(CCN1CCCCCC1)Cc1ccccc1OCC(=O)O. The molecule has 1 saturated heterocycles. The summed E-state index contributed by atoms with van der Waals surface area (Å²) in [4.78, 5) is 15.8. The Morgan fingerprint density at radius 3 is 2.52 bits per heavy atom. The van der Waals surface area contributed by atoms with Crippen molar-refractivity contribution in [1.29, 1.82) is 0 Å². The van der Waals surface area contributed by atoms with Crippen LogP contribution in [0.5, 0.6) is 5.75 Å². The molecule has 1 aromatic carbocycles. The lowest BCUT2D eigenvalue weighted by molar-refractivity contribution is -0.139. The van der Waals surface area contributed by atoms with E-state index in [-0.39, 0.29) is 6.61 Å². The second-order valence-electron chi connectivity index (χ2n) is 7.11. The van der Waals surface area contributed by atoms with E-state index in [0.29, 0.717) is 11.8 Å². The number of para-hydroxylation sites is 1. The van der Waals surface area contributed by atoms with Crippen LogP contribution < -0.4 is 4.74 Å². The van der Waals surface area contributed by atoms with E-state index >= 15 is 0 Å². The molecule has 5 nitrogen and oxygen atoms in total. The zero-order chi connectivity index (χ0) is 18.1. The lowest BCUT2D eigenvalue weighted by atomic mass is 10.1. The molecule has 1 aliphatic heterocycles. The normalized spacial score (nSPS) is 16.2. The van der Waals surface area contributed by atoms with Crippen LogP contribution in [0.15, 0.2) is 24.3 Å². The number of aliphatic carboxylic acids is 1. The predicted molar refractivity (Wildman–Crippen MR) is 100 cm³/mol. The number of benzene rings is 1. The van der Waals surface area contributed by atoms with Crippen molar-refractivity contribution in [3.05, 3.63) is 29.8 Å². The van der Waals surface area contributed by atoms with Crippen LogP contribution in [0.1, 0.15) is 45.1 Å². The maximum atomic E-state index is 10.8. The van der Waals surface area contributed by atoms with E-state index in [4.69, 9.17) is 9.84 Å². The van der Waals surface area contributed by atoms with Gasteiger partial charge in [-0.1, -0.05) is 31.0 Å². The van der Waals surface area contributed by atoms with Gasteiger partial charge in [-0.2, -0.15) is 0 Å². The molecule has 0 amide bonds. The topological polar surface area (TPSA) is 53.0 Å². The van der Waals surface area contributed by atoms with Crippen LogP contribution in [-0.4, -0.2) is 59.7 Å². The summed E-state index contributed by atoms with van der Waals surface area (Å²) in [6.07, 6.45) is 5.35. The lowest BCUT2D eigenvalue weighted by Crippen LogP contribution is -2.38.